The van der Waals surface area contributed by atoms with E-state index >= 15 is 0 Å². The van der Waals surface area contributed by atoms with Crippen LogP contribution in [-0.4, -0.2) is 42.4 Å². The first-order chi connectivity index (χ1) is 12.4. The highest BCUT2D eigenvalue weighted by Gasteiger charge is 2.51. The number of hydrogen-bond donors (Lipinski definition) is 1. The second-order valence-corrected chi connectivity index (χ2v) is 9.31. The van der Waals surface area contributed by atoms with E-state index in [-0.39, 0.29) is 35.7 Å². The number of nitrogens with zero attached hydrogens (tertiary/aromatic N) is 1. The molecule has 4 aliphatic carbocycles. The molecule has 0 spiro atoms. The normalized spacial score (nSPS) is 36.2. The van der Waals surface area contributed by atoms with E-state index in [2.05, 4.69) is 0 Å². The van der Waals surface area contributed by atoms with Crippen molar-refractivity contribution in [2.75, 3.05) is 19.7 Å². The van der Waals surface area contributed by atoms with E-state index in [1.165, 1.54) is 38.5 Å². The van der Waals surface area contributed by atoms with Crippen molar-refractivity contribution in [2.45, 2.75) is 57.8 Å². The van der Waals surface area contributed by atoms with Crippen molar-refractivity contribution in [3.05, 3.63) is 0 Å². The molecule has 6 nitrogen and oxygen atoms in total. The number of piperidine rings is 1. The van der Waals surface area contributed by atoms with Crippen LogP contribution < -0.4 is 5.73 Å². The molecule has 26 heavy (non-hydrogen) atoms. The van der Waals surface area contributed by atoms with Crippen LogP contribution in [0.5, 0.6) is 0 Å². The van der Waals surface area contributed by atoms with Gasteiger partial charge in [0.1, 0.15) is 0 Å². The van der Waals surface area contributed by atoms with Gasteiger partial charge in [-0.25, -0.2) is 0 Å². The Morgan fingerprint density at radius 2 is 1.50 bits per heavy atom. The van der Waals surface area contributed by atoms with Gasteiger partial charge in [0.05, 0.1) is 6.42 Å². The van der Waals surface area contributed by atoms with Gasteiger partial charge in [-0.3, -0.25) is 14.4 Å². The first kappa shape index (κ1) is 17.8. The van der Waals surface area contributed by atoms with Crippen molar-refractivity contribution in [1.82, 2.24) is 4.90 Å². The third-order valence-corrected chi connectivity index (χ3v) is 7.29. The fraction of sp³-hybridized carbons (Fsp3) is 0.850. The lowest BCUT2D eigenvalue weighted by Crippen LogP contribution is -2.47. The third kappa shape index (κ3) is 3.60. The van der Waals surface area contributed by atoms with Crippen LogP contribution in [0, 0.1) is 29.1 Å². The first-order valence-corrected chi connectivity index (χ1v) is 10.2. The zero-order valence-electron chi connectivity index (χ0n) is 15.5. The summed E-state index contributed by atoms with van der Waals surface area (Å²) in [6, 6.07) is 0. The van der Waals surface area contributed by atoms with Gasteiger partial charge in [0, 0.05) is 19.0 Å². The van der Waals surface area contributed by atoms with E-state index in [0.717, 1.165) is 17.8 Å². The molecule has 0 aromatic heterocycles. The SMILES string of the molecule is NC(=O)C1CCN(C(=O)COC(=O)CC23CC4CC(CC(C4)C2)C3)CC1. The minimum Gasteiger partial charge on any atom is -0.456 e. The highest BCUT2D eigenvalue weighted by Crippen LogP contribution is 2.61. The molecule has 0 aromatic rings. The second kappa shape index (κ2) is 6.86. The van der Waals surface area contributed by atoms with Gasteiger partial charge in [-0.05, 0) is 74.5 Å². The van der Waals surface area contributed by atoms with Crippen LogP contribution in [0.4, 0.5) is 0 Å². The zero-order chi connectivity index (χ0) is 18.3. The quantitative estimate of drug-likeness (QED) is 0.756. The molecule has 4 saturated carbocycles. The molecular weight excluding hydrogens is 332 g/mol. The largest absolute Gasteiger partial charge is 0.456 e. The van der Waals surface area contributed by atoms with Crippen LogP contribution in [0.15, 0.2) is 0 Å². The Balaban J connectivity index is 1.23. The number of rotatable bonds is 5. The summed E-state index contributed by atoms with van der Waals surface area (Å²) in [5, 5.41) is 0. The summed E-state index contributed by atoms with van der Waals surface area (Å²) < 4.78 is 5.35. The number of nitrogens with two attached hydrogens (primary N) is 1. The van der Waals surface area contributed by atoms with Crippen molar-refractivity contribution < 1.29 is 19.1 Å². The number of carbonyl (C=O) groups excluding carboxylic acids is 3. The van der Waals surface area contributed by atoms with Crippen molar-refractivity contribution in [1.29, 1.82) is 0 Å². The van der Waals surface area contributed by atoms with E-state index < -0.39 is 0 Å². The van der Waals surface area contributed by atoms with Gasteiger partial charge in [0.2, 0.25) is 5.91 Å². The van der Waals surface area contributed by atoms with Gasteiger partial charge in [0.25, 0.3) is 5.91 Å². The monoisotopic (exact) mass is 362 g/mol. The Hall–Kier alpha value is -1.59. The smallest absolute Gasteiger partial charge is 0.306 e. The first-order valence-electron chi connectivity index (χ1n) is 10.2. The molecule has 5 rings (SSSR count). The van der Waals surface area contributed by atoms with Gasteiger partial charge >= 0.3 is 5.97 Å². The minimum atomic E-state index is -0.293. The maximum Gasteiger partial charge on any atom is 0.306 e. The van der Waals surface area contributed by atoms with Crippen molar-refractivity contribution >= 4 is 17.8 Å². The molecule has 0 unspecified atom stereocenters. The number of amides is 2. The molecule has 1 heterocycles. The lowest BCUT2D eigenvalue weighted by atomic mass is 9.49. The molecule has 5 aliphatic rings. The fourth-order valence-electron chi connectivity index (χ4n) is 6.51. The Kier molecular flexibility index (Phi) is 4.70. The third-order valence-electron chi connectivity index (χ3n) is 7.29. The van der Waals surface area contributed by atoms with Crippen molar-refractivity contribution in [3.63, 3.8) is 0 Å². The Bertz CT molecular complexity index is 559. The summed E-state index contributed by atoms with van der Waals surface area (Å²) in [6.07, 6.45) is 9.25. The molecule has 0 aromatic carbocycles. The Morgan fingerprint density at radius 3 is 2.00 bits per heavy atom. The molecule has 4 bridgehead atoms. The van der Waals surface area contributed by atoms with Gasteiger partial charge < -0.3 is 15.4 Å². The zero-order valence-corrected chi connectivity index (χ0v) is 15.5. The number of hydrogen-bond acceptors (Lipinski definition) is 4. The maximum absolute atomic E-state index is 12.4. The van der Waals surface area contributed by atoms with Crippen LogP contribution in [0.2, 0.25) is 0 Å². The molecule has 6 heteroatoms. The van der Waals surface area contributed by atoms with Crippen molar-refractivity contribution in [2.24, 2.45) is 34.8 Å². The number of ether oxygens (including phenoxy) is 1. The molecule has 5 fully saturated rings. The van der Waals surface area contributed by atoms with Gasteiger partial charge in [-0.15, -0.1) is 0 Å². The van der Waals surface area contributed by atoms with Gasteiger partial charge in [-0.1, -0.05) is 0 Å². The van der Waals surface area contributed by atoms with Crippen LogP contribution >= 0.6 is 0 Å². The molecule has 0 radical (unpaired) electrons. The van der Waals surface area contributed by atoms with Gasteiger partial charge in [0.15, 0.2) is 6.61 Å². The summed E-state index contributed by atoms with van der Waals surface area (Å²) in [6.45, 7) is 0.852. The molecule has 2 N–H and O–H groups in total. The van der Waals surface area contributed by atoms with Crippen LogP contribution in [-0.2, 0) is 19.1 Å². The second-order valence-electron chi connectivity index (χ2n) is 9.31. The van der Waals surface area contributed by atoms with Crippen LogP contribution in [0.25, 0.3) is 0 Å². The predicted octanol–water partition coefficient (Wildman–Crippen LogP) is 1.86. The van der Waals surface area contributed by atoms with E-state index in [9.17, 15) is 14.4 Å². The minimum absolute atomic E-state index is 0.141. The van der Waals surface area contributed by atoms with Gasteiger partial charge in [-0.2, -0.15) is 0 Å². The average molecular weight is 362 g/mol. The van der Waals surface area contributed by atoms with E-state index in [1.807, 2.05) is 0 Å². The van der Waals surface area contributed by atoms with Crippen LogP contribution in [0.3, 0.4) is 0 Å². The number of likely N-dealkylation sites (tertiary alicyclic amines) is 1. The summed E-state index contributed by atoms with van der Waals surface area (Å²) in [5.41, 5.74) is 5.46. The number of carbonyl (C=O) groups is 3. The molecule has 1 saturated heterocycles. The number of esters is 1. The lowest BCUT2D eigenvalue weighted by molar-refractivity contribution is -0.158. The molecule has 0 atom stereocenters. The summed E-state index contributed by atoms with van der Waals surface area (Å²) in [7, 11) is 0. The topological polar surface area (TPSA) is 89.7 Å². The average Bonchev–Trinajstić information content (AvgIpc) is 2.58. The predicted molar refractivity (Wildman–Crippen MR) is 94.7 cm³/mol. The number of primary amides is 1. The van der Waals surface area contributed by atoms with Crippen molar-refractivity contribution in [3.8, 4) is 0 Å². The van der Waals surface area contributed by atoms with E-state index in [4.69, 9.17) is 10.5 Å². The van der Waals surface area contributed by atoms with E-state index in [1.54, 1.807) is 4.90 Å². The highest BCUT2D eigenvalue weighted by molar-refractivity contribution is 5.81. The van der Waals surface area contributed by atoms with Crippen LogP contribution in [0.1, 0.15) is 57.8 Å². The highest BCUT2D eigenvalue weighted by atomic mass is 16.5. The maximum atomic E-state index is 12.4. The fourth-order valence-corrected chi connectivity index (χ4v) is 6.51. The standard InChI is InChI=1S/C20H30N2O4/c21-19(25)16-1-3-22(4-2-16)17(23)12-26-18(24)11-20-8-13-5-14(9-20)7-15(6-13)10-20/h13-16H,1-12H2,(H2,21,25). The summed E-state index contributed by atoms with van der Waals surface area (Å²) >= 11 is 0. The lowest BCUT2D eigenvalue weighted by Gasteiger charge is -2.56. The van der Waals surface area contributed by atoms with E-state index in [0.29, 0.717) is 32.4 Å². The molecular formula is C20H30N2O4. The summed E-state index contributed by atoms with van der Waals surface area (Å²) in [4.78, 5) is 37.6. The Morgan fingerprint density at radius 1 is 0.962 bits per heavy atom. The molecule has 1 aliphatic heterocycles. The molecule has 144 valence electrons. The summed E-state index contributed by atoms with van der Waals surface area (Å²) in [5.74, 6) is 1.61. The molecule has 2 amide bonds. The Labute approximate surface area is 154 Å².